The lowest BCUT2D eigenvalue weighted by molar-refractivity contribution is -0.124. The number of rotatable bonds is 5. The molecule has 0 spiro atoms. The first kappa shape index (κ1) is 14.0. The van der Waals surface area contributed by atoms with E-state index in [1.807, 2.05) is 24.3 Å². The zero-order valence-electron chi connectivity index (χ0n) is 10.5. The van der Waals surface area contributed by atoms with Gasteiger partial charge >= 0.3 is 0 Å². The number of anilines is 1. The van der Waals surface area contributed by atoms with Gasteiger partial charge in [-0.05, 0) is 31.2 Å². The summed E-state index contributed by atoms with van der Waals surface area (Å²) in [5.41, 5.74) is 2.44. The Kier molecular flexibility index (Phi) is 4.89. The smallest absolute Gasteiger partial charge is 0.253 e. The quantitative estimate of drug-likeness (QED) is 0.918. The highest BCUT2D eigenvalue weighted by Crippen LogP contribution is 2.29. The average molecular weight is 295 g/mol. The van der Waals surface area contributed by atoms with Gasteiger partial charge in [-0.1, -0.05) is 23.1 Å². The average Bonchev–Trinajstić information content (AvgIpc) is 2.93. The van der Waals surface area contributed by atoms with E-state index in [1.54, 1.807) is 24.2 Å². The molecular weight excluding hydrogens is 282 g/mol. The third kappa shape index (κ3) is 4.02. The minimum absolute atomic E-state index is 0.160. The molecule has 0 saturated carbocycles. The van der Waals surface area contributed by atoms with Crippen molar-refractivity contribution in [2.45, 2.75) is 22.3 Å². The highest BCUT2D eigenvalue weighted by Gasteiger charge is 2.11. The van der Waals surface area contributed by atoms with Crippen molar-refractivity contribution in [3.05, 3.63) is 29.8 Å². The van der Waals surface area contributed by atoms with Crippen molar-refractivity contribution in [1.82, 2.24) is 10.2 Å². The van der Waals surface area contributed by atoms with Gasteiger partial charge in [-0.25, -0.2) is 0 Å². The number of carbonyl (C=O) groups excluding carboxylic acids is 1. The highest BCUT2D eigenvalue weighted by atomic mass is 32.2. The summed E-state index contributed by atoms with van der Waals surface area (Å²) in [5, 5.41) is 10.5. The van der Waals surface area contributed by atoms with Crippen LogP contribution < -0.4 is 5.32 Å². The van der Waals surface area contributed by atoms with Crippen LogP contribution in [0.2, 0.25) is 0 Å². The number of hydrogen-bond donors (Lipinski definition) is 1. The van der Waals surface area contributed by atoms with E-state index < -0.39 is 6.10 Å². The number of benzene rings is 1. The molecule has 1 aromatic carbocycles. The maximum Gasteiger partial charge on any atom is 0.253 e. The Morgan fingerprint density at radius 1 is 1.42 bits per heavy atom. The van der Waals surface area contributed by atoms with E-state index in [4.69, 9.17) is 4.74 Å². The first-order valence-electron chi connectivity index (χ1n) is 5.57. The second-order valence-electron chi connectivity index (χ2n) is 3.70. The monoisotopic (exact) mass is 295 g/mol. The molecule has 1 heterocycles. The minimum Gasteiger partial charge on any atom is -0.372 e. The fourth-order valence-electron chi connectivity index (χ4n) is 1.27. The van der Waals surface area contributed by atoms with Gasteiger partial charge in [0.2, 0.25) is 0 Å². The Hall–Kier alpha value is -1.44. The van der Waals surface area contributed by atoms with Crippen LogP contribution in [0.5, 0.6) is 0 Å². The van der Waals surface area contributed by atoms with Crippen molar-refractivity contribution in [2.75, 3.05) is 12.4 Å². The van der Waals surface area contributed by atoms with E-state index in [0.717, 1.165) is 14.9 Å². The fraction of sp³-hybridized carbons (Fsp3) is 0.250. The number of carbonyl (C=O) groups is 1. The lowest BCUT2D eigenvalue weighted by atomic mass is 10.3. The molecule has 0 aliphatic heterocycles. The highest BCUT2D eigenvalue weighted by molar-refractivity contribution is 8.01. The molecule has 1 aromatic heterocycles. The molecule has 5 nitrogen and oxygen atoms in total. The fourth-order valence-corrected chi connectivity index (χ4v) is 2.72. The number of ether oxygens (including phenoxy) is 1. The van der Waals surface area contributed by atoms with Crippen molar-refractivity contribution in [1.29, 1.82) is 0 Å². The summed E-state index contributed by atoms with van der Waals surface area (Å²) in [4.78, 5) is 12.7. The summed E-state index contributed by atoms with van der Waals surface area (Å²) < 4.78 is 5.84. The number of hydrogen-bond acceptors (Lipinski definition) is 6. The Bertz CT molecular complexity index is 528. The summed E-state index contributed by atoms with van der Waals surface area (Å²) in [7, 11) is 1.51. The molecule has 7 heteroatoms. The Morgan fingerprint density at radius 2 is 2.16 bits per heavy atom. The summed E-state index contributed by atoms with van der Waals surface area (Å²) in [6.45, 7) is 1.70. The van der Waals surface area contributed by atoms with Crippen LogP contribution >= 0.6 is 23.1 Å². The largest absolute Gasteiger partial charge is 0.372 e. The molecule has 100 valence electrons. The minimum atomic E-state index is -0.463. The summed E-state index contributed by atoms with van der Waals surface area (Å²) in [6.07, 6.45) is -0.463. The predicted octanol–water partition coefficient (Wildman–Crippen LogP) is 2.66. The molecule has 2 aromatic rings. The molecule has 1 atom stereocenters. The Labute approximate surface area is 119 Å². The van der Waals surface area contributed by atoms with Gasteiger partial charge < -0.3 is 10.1 Å². The molecule has 19 heavy (non-hydrogen) atoms. The zero-order valence-corrected chi connectivity index (χ0v) is 12.1. The van der Waals surface area contributed by atoms with Crippen molar-refractivity contribution in [2.24, 2.45) is 0 Å². The third-order valence-corrected chi connectivity index (χ3v) is 4.18. The second kappa shape index (κ2) is 6.65. The number of nitrogens with zero attached hydrogens (tertiary/aromatic N) is 2. The number of methoxy groups -OCH3 is 1. The van der Waals surface area contributed by atoms with Gasteiger partial charge in [0.25, 0.3) is 5.91 Å². The van der Waals surface area contributed by atoms with Gasteiger partial charge in [-0.3, -0.25) is 4.79 Å². The van der Waals surface area contributed by atoms with Crippen LogP contribution in [-0.2, 0) is 9.53 Å². The van der Waals surface area contributed by atoms with Crippen LogP contribution in [0.1, 0.15) is 6.92 Å². The number of aromatic nitrogens is 2. The predicted molar refractivity (Wildman–Crippen MR) is 75.6 cm³/mol. The van der Waals surface area contributed by atoms with Crippen molar-refractivity contribution in [3.63, 3.8) is 0 Å². The molecule has 0 aliphatic carbocycles. The summed E-state index contributed by atoms with van der Waals surface area (Å²) in [5.74, 6) is -0.160. The lowest BCUT2D eigenvalue weighted by Gasteiger charge is -2.10. The van der Waals surface area contributed by atoms with Crippen LogP contribution in [0.3, 0.4) is 0 Å². The molecule has 0 saturated heterocycles. The molecule has 2 rings (SSSR count). The molecule has 0 unspecified atom stereocenters. The van der Waals surface area contributed by atoms with Crippen LogP contribution in [-0.4, -0.2) is 29.3 Å². The maximum absolute atomic E-state index is 11.6. The summed E-state index contributed by atoms with van der Waals surface area (Å²) >= 11 is 3.03. The van der Waals surface area contributed by atoms with Gasteiger partial charge in [0.1, 0.15) is 11.6 Å². The van der Waals surface area contributed by atoms with E-state index >= 15 is 0 Å². The number of nitrogens with one attached hydrogen (secondary N) is 1. The van der Waals surface area contributed by atoms with Gasteiger partial charge in [0, 0.05) is 17.7 Å². The zero-order chi connectivity index (χ0) is 13.7. The van der Waals surface area contributed by atoms with E-state index in [0.29, 0.717) is 0 Å². The van der Waals surface area contributed by atoms with Gasteiger partial charge in [0.05, 0.1) is 0 Å². The van der Waals surface area contributed by atoms with Crippen LogP contribution in [0, 0.1) is 0 Å². The van der Waals surface area contributed by atoms with Gasteiger partial charge in [-0.2, -0.15) is 0 Å². The van der Waals surface area contributed by atoms with Gasteiger partial charge in [0.15, 0.2) is 4.34 Å². The standard InChI is InChI=1S/C12H13N3O2S2/c1-8(17-2)11(16)14-9-3-5-10(6-4-9)19-12-15-13-7-18-12/h3-8H,1-2H3,(H,14,16)/t8-/m1/s1. The van der Waals surface area contributed by atoms with E-state index in [-0.39, 0.29) is 5.91 Å². The third-order valence-electron chi connectivity index (χ3n) is 2.39. The molecule has 0 radical (unpaired) electrons. The van der Waals surface area contributed by atoms with Crippen molar-refractivity contribution in [3.8, 4) is 0 Å². The lowest BCUT2D eigenvalue weighted by Crippen LogP contribution is -2.26. The van der Waals surface area contributed by atoms with Crippen LogP contribution in [0.4, 0.5) is 5.69 Å². The van der Waals surface area contributed by atoms with E-state index in [2.05, 4.69) is 15.5 Å². The summed E-state index contributed by atoms with van der Waals surface area (Å²) in [6, 6.07) is 7.56. The topological polar surface area (TPSA) is 64.1 Å². The SMILES string of the molecule is CO[C@H](C)C(=O)Nc1ccc(Sc2nncs2)cc1. The van der Waals surface area contributed by atoms with E-state index in [1.165, 1.54) is 18.4 Å². The van der Waals surface area contributed by atoms with Crippen molar-refractivity contribution < 1.29 is 9.53 Å². The van der Waals surface area contributed by atoms with Crippen LogP contribution in [0.25, 0.3) is 0 Å². The van der Waals surface area contributed by atoms with Crippen LogP contribution in [0.15, 0.2) is 39.0 Å². The second-order valence-corrected chi connectivity index (χ2v) is 5.85. The first-order chi connectivity index (χ1) is 9.19. The Balaban J connectivity index is 1.96. The number of amides is 1. The van der Waals surface area contributed by atoms with Gasteiger partial charge in [-0.15, -0.1) is 10.2 Å². The first-order valence-corrected chi connectivity index (χ1v) is 7.26. The molecule has 0 bridgehead atoms. The Morgan fingerprint density at radius 3 is 2.74 bits per heavy atom. The van der Waals surface area contributed by atoms with E-state index in [9.17, 15) is 4.79 Å². The normalized spacial score (nSPS) is 12.1. The maximum atomic E-state index is 11.6. The molecule has 1 amide bonds. The molecule has 1 N–H and O–H groups in total. The molecule has 0 aliphatic rings. The van der Waals surface area contributed by atoms with Crippen molar-refractivity contribution >= 4 is 34.7 Å². The molecule has 0 fully saturated rings. The molecular formula is C12H13N3O2S2.